The molecule has 2 heteroatoms. The summed E-state index contributed by atoms with van der Waals surface area (Å²) in [5, 5.41) is 0. The van der Waals surface area contributed by atoms with Gasteiger partial charge in [0.1, 0.15) is 0 Å². The van der Waals surface area contributed by atoms with Crippen LogP contribution in [0.25, 0.3) is 0 Å². The highest BCUT2D eigenvalue weighted by Crippen LogP contribution is 2.07. The standard InChI is InChI=1S/C7H11NO/c1-7(9)8-5-3-2-4-6-8/h1H,2-6H2. The molecule has 0 spiro atoms. The van der Waals surface area contributed by atoms with Crippen LogP contribution in [0.5, 0.6) is 0 Å². The SMILES string of the molecule is [CH]C(=O)N1CCCCC1. The van der Waals surface area contributed by atoms with Crippen molar-refractivity contribution in [3.63, 3.8) is 0 Å². The zero-order chi connectivity index (χ0) is 6.69. The molecule has 0 aromatic rings. The number of carbonyl (C=O) groups excluding carboxylic acids is 1. The topological polar surface area (TPSA) is 20.3 Å². The molecule has 50 valence electrons. The first-order valence-corrected chi connectivity index (χ1v) is 3.35. The minimum absolute atomic E-state index is 0.269. The lowest BCUT2D eigenvalue weighted by atomic mass is 10.1. The van der Waals surface area contributed by atoms with Crippen molar-refractivity contribution in [2.45, 2.75) is 19.3 Å². The molecule has 0 aromatic heterocycles. The van der Waals surface area contributed by atoms with E-state index in [0.29, 0.717) is 0 Å². The molecular weight excluding hydrogens is 114 g/mol. The lowest BCUT2D eigenvalue weighted by Crippen LogP contribution is -2.33. The summed E-state index contributed by atoms with van der Waals surface area (Å²) in [5.41, 5.74) is 0. The molecule has 1 aliphatic heterocycles. The molecule has 1 saturated heterocycles. The van der Waals surface area contributed by atoms with Gasteiger partial charge >= 0.3 is 0 Å². The van der Waals surface area contributed by atoms with Gasteiger partial charge in [-0.05, 0) is 19.3 Å². The third-order valence-corrected chi connectivity index (χ3v) is 1.67. The number of hydrogen-bond acceptors (Lipinski definition) is 1. The summed E-state index contributed by atoms with van der Waals surface area (Å²) >= 11 is 0. The lowest BCUT2D eigenvalue weighted by molar-refractivity contribution is -0.127. The fourth-order valence-electron chi connectivity index (χ4n) is 1.11. The van der Waals surface area contributed by atoms with Gasteiger partial charge in [0.25, 0.3) is 0 Å². The second kappa shape index (κ2) is 2.85. The van der Waals surface area contributed by atoms with Crippen LogP contribution in [0.15, 0.2) is 0 Å². The monoisotopic (exact) mass is 125 g/mol. The van der Waals surface area contributed by atoms with E-state index in [2.05, 4.69) is 0 Å². The molecule has 0 N–H and O–H groups in total. The van der Waals surface area contributed by atoms with E-state index in [4.69, 9.17) is 6.92 Å². The Hall–Kier alpha value is -0.530. The molecule has 1 rings (SSSR count). The van der Waals surface area contributed by atoms with Crippen molar-refractivity contribution in [1.82, 2.24) is 4.90 Å². The number of amides is 1. The largest absolute Gasteiger partial charge is 0.342 e. The first-order chi connectivity index (χ1) is 4.30. The summed E-state index contributed by atoms with van der Waals surface area (Å²) in [6, 6.07) is 0. The van der Waals surface area contributed by atoms with Gasteiger partial charge in [-0.2, -0.15) is 0 Å². The summed E-state index contributed by atoms with van der Waals surface area (Å²) in [7, 11) is 0. The number of likely N-dealkylation sites (tertiary alicyclic amines) is 1. The van der Waals surface area contributed by atoms with Crippen LogP contribution >= 0.6 is 0 Å². The second-order valence-electron chi connectivity index (χ2n) is 2.39. The molecule has 0 saturated carbocycles. The normalized spacial score (nSPS) is 19.9. The quantitative estimate of drug-likeness (QED) is 0.467. The van der Waals surface area contributed by atoms with Crippen molar-refractivity contribution in [3.8, 4) is 0 Å². The predicted octanol–water partition coefficient (Wildman–Crippen LogP) is 0.710. The van der Waals surface area contributed by atoms with Crippen molar-refractivity contribution in [2.75, 3.05) is 13.1 Å². The van der Waals surface area contributed by atoms with Crippen LogP contribution in [-0.4, -0.2) is 23.9 Å². The summed E-state index contributed by atoms with van der Waals surface area (Å²) < 4.78 is 0. The van der Waals surface area contributed by atoms with E-state index in [9.17, 15) is 4.79 Å². The highest BCUT2D eigenvalue weighted by Gasteiger charge is 2.11. The minimum atomic E-state index is -0.269. The first kappa shape index (κ1) is 6.59. The van der Waals surface area contributed by atoms with Gasteiger partial charge in [-0.25, -0.2) is 0 Å². The average molecular weight is 125 g/mol. The van der Waals surface area contributed by atoms with E-state index in [0.717, 1.165) is 25.9 Å². The predicted molar refractivity (Wildman–Crippen MR) is 34.7 cm³/mol. The summed E-state index contributed by atoms with van der Waals surface area (Å²) in [6.07, 6.45) is 3.47. The van der Waals surface area contributed by atoms with Crippen molar-refractivity contribution in [2.24, 2.45) is 0 Å². The Balaban J connectivity index is 2.31. The third-order valence-electron chi connectivity index (χ3n) is 1.67. The fraction of sp³-hybridized carbons (Fsp3) is 0.714. The Morgan fingerprint density at radius 1 is 1.22 bits per heavy atom. The molecule has 2 radical (unpaired) electrons. The Morgan fingerprint density at radius 2 is 1.78 bits per heavy atom. The van der Waals surface area contributed by atoms with Crippen LogP contribution in [0.3, 0.4) is 0 Å². The summed E-state index contributed by atoms with van der Waals surface area (Å²) in [5.74, 6) is -0.269. The van der Waals surface area contributed by atoms with Crippen LogP contribution < -0.4 is 0 Å². The smallest absolute Gasteiger partial charge is 0.227 e. The van der Waals surface area contributed by atoms with Crippen molar-refractivity contribution < 1.29 is 4.79 Å². The molecule has 1 aliphatic rings. The molecule has 1 amide bonds. The molecule has 2 nitrogen and oxygen atoms in total. The van der Waals surface area contributed by atoms with Crippen LogP contribution in [0.4, 0.5) is 0 Å². The highest BCUT2D eigenvalue weighted by molar-refractivity contribution is 5.80. The molecule has 1 fully saturated rings. The van der Waals surface area contributed by atoms with Crippen molar-refractivity contribution in [3.05, 3.63) is 6.92 Å². The number of piperidine rings is 1. The second-order valence-corrected chi connectivity index (χ2v) is 2.39. The van der Waals surface area contributed by atoms with Crippen LogP contribution in [0.1, 0.15) is 19.3 Å². The molecule has 1 heterocycles. The van der Waals surface area contributed by atoms with Crippen LogP contribution in [-0.2, 0) is 4.79 Å². The van der Waals surface area contributed by atoms with Crippen LogP contribution in [0.2, 0.25) is 0 Å². The molecular formula is C7H11NO. The number of hydrogen-bond donors (Lipinski definition) is 0. The van der Waals surface area contributed by atoms with E-state index in [1.165, 1.54) is 6.42 Å². The van der Waals surface area contributed by atoms with E-state index in [1.807, 2.05) is 0 Å². The zero-order valence-electron chi connectivity index (χ0n) is 5.47. The average Bonchev–Trinajstić information content (AvgIpc) is 1.90. The summed E-state index contributed by atoms with van der Waals surface area (Å²) in [6.45, 7) is 6.77. The molecule has 0 bridgehead atoms. The Bertz CT molecular complexity index is 105. The zero-order valence-corrected chi connectivity index (χ0v) is 5.47. The van der Waals surface area contributed by atoms with E-state index >= 15 is 0 Å². The van der Waals surface area contributed by atoms with Gasteiger partial charge < -0.3 is 4.90 Å². The van der Waals surface area contributed by atoms with Gasteiger partial charge in [0.15, 0.2) is 0 Å². The van der Waals surface area contributed by atoms with Gasteiger partial charge in [0.2, 0.25) is 5.91 Å². The Morgan fingerprint density at radius 3 is 2.11 bits per heavy atom. The number of nitrogens with zero attached hydrogens (tertiary/aromatic N) is 1. The molecule has 0 atom stereocenters. The maximum Gasteiger partial charge on any atom is 0.227 e. The first-order valence-electron chi connectivity index (χ1n) is 3.35. The highest BCUT2D eigenvalue weighted by atomic mass is 16.2. The van der Waals surface area contributed by atoms with Gasteiger partial charge in [-0.3, -0.25) is 4.79 Å². The molecule has 0 aliphatic carbocycles. The van der Waals surface area contributed by atoms with Gasteiger partial charge in [-0.1, -0.05) is 0 Å². The summed E-state index contributed by atoms with van der Waals surface area (Å²) in [4.78, 5) is 12.2. The number of rotatable bonds is 0. The maximum atomic E-state index is 10.5. The van der Waals surface area contributed by atoms with Crippen LogP contribution in [0, 0.1) is 6.92 Å². The van der Waals surface area contributed by atoms with Gasteiger partial charge in [0, 0.05) is 13.1 Å². The third kappa shape index (κ3) is 1.70. The minimum Gasteiger partial charge on any atom is -0.342 e. The Labute approximate surface area is 55.8 Å². The van der Waals surface area contributed by atoms with Gasteiger partial charge in [0.05, 0.1) is 6.92 Å². The lowest BCUT2D eigenvalue weighted by Gasteiger charge is -2.24. The number of carbonyl (C=O) groups is 1. The molecule has 0 aromatic carbocycles. The van der Waals surface area contributed by atoms with E-state index in [1.54, 1.807) is 4.90 Å². The Kier molecular flexibility index (Phi) is 2.09. The molecule has 0 unspecified atom stereocenters. The van der Waals surface area contributed by atoms with Crippen molar-refractivity contribution in [1.29, 1.82) is 0 Å². The maximum absolute atomic E-state index is 10.5. The van der Waals surface area contributed by atoms with E-state index in [-0.39, 0.29) is 5.91 Å². The van der Waals surface area contributed by atoms with E-state index < -0.39 is 0 Å². The molecule has 9 heavy (non-hydrogen) atoms. The fourth-order valence-corrected chi connectivity index (χ4v) is 1.11. The van der Waals surface area contributed by atoms with Crippen molar-refractivity contribution >= 4 is 5.91 Å². The van der Waals surface area contributed by atoms with Gasteiger partial charge in [-0.15, -0.1) is 0 Å².